The molecule has 0 aliphatic rings. The maximum Gasteiger partial charge on any atom is 0.337 e. The number of nitrogens with zero attached hydrogens (tertiary/aromatic N) is 1. The van der Waals surface area contributed by atoms with Crippen LogP contribution in [0.2, 0.25) is 5.02 Å². The number of halogens is 4. The van der Waals surface area contributed by atoms with E-state index in [1.54, 1.807) is 6.07 Å². The average Bonchev–Trinajstić information content (AvgIpc) is 2.58. The Morgan fingerprint density at radius 2 is 1.75 bits per heavy atom. The third-order valence-corrected chi connectivity index (χ3v) is 3.83. The topological polar surface area (TPSA) is 39.2 Å². The van der Waals surface area contributed by atoms with Crippen LogP contribution in [0.25, 0.3) is 22.0 Å². The first-order chi connectivity index (χ1) is 11.4. The number of hydrogen-bond donors (Lipinski definition) is 0. The van der Waals surface area contributed by atoms with Crippen LogP contribution >= 0.6 is 11.6 Å². The monoisotopic (exact) mass is 351 g/mol. The third kappa shape index (κ3) is 2.69. The second-order valence-electron chi connectivity index (χ2n) is 4.95. The van der Waals surface area contributed by atoms with Gasteiger partial charge in [0, 0.05) is 28.6 Å². The zero-order chi connectivity index (χ0) is 17.4. The molecule has 0 N–H and O–H groups in total. The maximum atomic E-state index is 14.1. The van der Waals surface area contributed by atoms with Crippen LogP contribution in [0.3, 0.4) is 0 Å². The minimum atomic E-state index is -1.30. The Morgan fingerprint density at radius 1 is 1.04 bits per heavy atom. The van der Waals surface area contributed by atoms with Gasteiger partial charge in [-0.15, -0.1) is 0 Å². The van der Waals surface area contributed by atoms with Crippen molar-refractivity contribution in [1.82, 2.24) is 4.98 Å². The second kappa shape index (κ2) is 6.13. The van der Waals surface area contributed by atoms with E-state index < -0.39 is 23.4 Å². The van der Waals surface area contributed by atoms with E-state index in [0.29, 0.717) is 22.9 Å². The highest BCUT2D eigenvalue weighted by atomic mass is 35.5. The third-order valence-electron chi connectivity index (χ3n) is 3.53. The zero-order valence-corrected chi connectivity index (χ0v) is 13.0. The summed E-state index contributed by atoms with van der Waals surface area (Å²) >= 11 is 6.07. The summed E-state index contributed by atoms with van der Waals surface area (Å²) < 4.78 is 45.4. The Labute approximate surface area is 139 Å². The van der Waals surface area contributed by atoms with E-state index in [4.69, 9.17) is 11.6 Å². The number of methoxy groups -OCH3 is 1. The highest BCUT2D eigenvalue weighted by molar-refractivity contribution is 6.35. The molecule has 7 heteroatoms. The van der Waals surface area contributed by atoms with E-state index in [2.05, 4.69) is 9.72 Å². The van der Waals surface area contributed by atoms with Crippen molar-refractivity contribution in [2.24, 2.45) is 0 Å². The standard InChI is InChI=1S/C17H9ClF3NO2/c1-24-17(23)8-2-3-9-10(4-8)16(22-7-12(9)18)11-5-14(20)15(21)6-13(11)19/h2-7H,1H3. The quantitative estimate of drug-likeness (QED) is 0.493. The molecule has 3 nitrogen and oxygen atoms in total. The number of carbonyl (C=O) groups is 1. The number of aromatic nitrogens is 1. The summed E-state index contributed by atoms with van der Waals surface area (Å²) in [4.78, 5) is 15.7. The Balaban J connectivity index is 2.34. The molecule has 0 spiro atoms. The molecule has 0 aliphatic carbocycles. The van der Waals surface area contributed by atoms with E-state index in [1.165, 1.54) is 25.4 Å². The van der Waals surface area contributed by atoms with Crippen molar-refractivity contribution in [2.75, 3.05) is 7.11 Å². The molecule has 1 aromatic heterocycles. The lowest BCUT2D eigenvalue weighted by Crippen LogP contribution is -2.01. The Bertz CT molecular complexity index is 976. The van der Waals surface area contributed by atoms with Crippen LogP contribution in [0.1, 0.15) is 10.4 Å². The van der Waals surface area contributed by atoms with Gasteiger partial charge in [-0.25, -0.2) is 18.0 Å². The number of esters is 1. The van der Waals surface area contributed by atoms with Crippen molar-refractivity contribution in [3.05, 3.63) is 64.6 Å². The Morgan fingerprint density at radius 3 is 2.46 bits per heavy atom. The van der Waals surface area contributed by atoms with Gasteiger partial charge in [0.15, 0.2) is 11.6 Å². The van der Waals surface area contributed by atoms with Gasteiger partial charge in [-0.05, 0) is 18.2 Å². The van der Waals surface area contributed by atoms with Crippen molar-refractivity contribution in [3.63, 3.8) is 0 Å². The minimum Gasteiger partial charge on any atom is -0.465 e. The first kappa shape index (κ1) is 16.3. The molecular formula is C17H9ClF3NO2. The average molecular weight is 352 g/mol. The van der Waals surface area contributed by atoms with Gasteiger partial charge >= 0.3 is 5.97 Å². The predicted octanol–water partition coefficient (Wildman–Crippen LogP) is 4.76. The van der Waals surface area contributed by atoms with Gasteiger partial charge in [-0.2, -0.15) is 0 Å². The lowest BCUT2D eigenvalue weighted by molar-refractivity contribution is 0.0601. The van der Waals surface area contributed by atoms with Crippen molar-refractivity contribution < 1.29 is 22.7 Å². The van der Waals surface area contributed by atoms with E-state index in [1.807, 2.05) is 0 Å². The summed E-state index contributed by atoms with van der Waals surface area (Å²) in [5.41, 5.74) is -0.00700. The van der Waals surface area contributed by atoms with Crippen LogP contribution in [0.4, 0.5) is 13.2 Å². The molecule has 3 rings (SSSR count). The molecule has 1 heterocycles. The first-order valence-electron chi connectivity index (χ1n) is 6.74. The predicted molar refractivity (Wildman–Crippen MR) is 83.4 cm³/mol. The molecule has 24 heavy (non-hydrogen) atoms. The van der Waals surface area contributed by atoms with Crippen LogP contribution in [-0.4, -0.2) is 18.1 Å². The van der Waals surface area contributed by atoms with Crippen LogP contribution < -0.4 is 0 Å². The fraction of sp³-hybridized carbons (Fsp3) is 0.0588. The van der Waals surface area contributed by atoms with Gasteiger partial charge in [-0.3, -0.25) is 4.98 Å². The number of carbonyl (C=O) groups excluding carboxylic acids is 1. The normalized spacial score (nSPS) is 10.9. The molecule has 0 radical (unpaired) electrons. The molecule has 3 aromatic rings. The molecule has 0 unspecified atom stereocenters. The number of fused-ring (bicyclic) bond motifs is 1. The van der Waals surface area contributed by atoms with Gasteiger partial charge in [0.25, 0.3) is 0 Å². The molecule has 0 bridgehead atoms. The van der Waals surface area contributed by atoms with Crippen LogP contribution in [0.15, 0.2) is 36.5 Å². The second-order valence-corrected chi connectivity index (χ2v) is 5.36. The lowest BCUT2D eigenvalue weighted by atomic mass is 10.0. The van der Waals surface area contributed by atoms with Crippen molar-refractivity contribution in [1.29, 1.82) is 0 Å². The van der Waals surface area contributed by atoms with Gasteiger partial charge < -0.3 is 4.74 Å². The molecule has 0 aliphatic heterocycles. The molecule has 0 amide bonds. The maximum absolute atomic E-state index is 14.1. The van der Waals surface area contributed by atoms with Crippen molar-refractivity contribution in [2.45, 2.75) is 0 Å². The SMILES string of the molecule is COC(=O)c1ccc2c(Cl)cnc(-c3cc(F)c(F)cc3F)c2c1. The highest BCUT2D eigenvalue weighted by Crippen LogP contribution is 2.33. The van der Waals surface area contributed by atoms with Gasteiger partial charge in [0.2, 0.25) is 0 Å². The van der Waals surface area contributed by atoms with Crippen LogP contribution in [0.5, 0.6) is 0 Å². The van der Waals surface area contributed by atoms with E-state index in [-0.39, 0.29) is 21.8 Å². The molecule has 0 saturated heterocycles. The van der Waals surface area contributed by atoms with E-state index in [0.717, 1.165) is 0 Å². The smallest absolute Gasteiger partial charge is 0.337 e. The van der Waals surface area contributed by atoms with Gasteiger partial charge in [-0.1, -0.05) is 17.7 Å². The molecule has 0 saturated carbocycles. The summed E-state index contributed by atoms with van der Waals surface area (Å²) in [6, 6.07) is 5.61. The van der Waals surface area contributed by atoms with Gasteiger partial charge in [0.05, 0.1) is 23.4 Å². The number of pyridine rings is 1. The lowest BCUT2D eigenvalue weighted by Gasteiger charge is -2.10. The first-order valence-corrected chi connectivity index (χ1v) is 7.11. The molecule has 0 fully saturated rings. The largest absolute Gasteiger partial charge is 0.465 e. The number of rotatable bonds is 2. The van der Waals surface area contributed by atoms with E-state index >= 15 is 0 Å². The minimum absolute atomic E-state index is 0.0385. The number of ether oxygens (including phenoxy) is 1. The zero-order valence-electron chi connectivity index (χ0n) is 12.2. The summed E-state index contributed by atoms with van der Waals surface area (Å²) in [6.07, 6.45) is 1.28. The Hall–Kier alpha value is -2.60. The fourth-order valence-corrected chi connectivity index (χ4v) is 2.59. The van der Waals surface area contributed by atoms with Crippen molar-refractivity contribution >= 4 is 28.3 Å². The molecular weight excluding hydrogens is 343 g/mol. The highest BCUT2D eigenvalue weighted by Gasteiger charge is 2.17. The summed E-state index contributed by atoms with van der Waals surface area (Å²) in [5.74, 6) is -4.09. The molecule has 0 atom stereocenters. The van der Waals surface area contributed by atoms with Crippen LogP contribution in [0, 0.1) is 17.5 Å². The fourth-order valence-electron chi connectivity index (χ4n) is 2.37. The molecule has 2 aromatic carbocycles. The Kier molecular flexibility index (Phi) is 4.15. The number of hydrogen-bond acceptors (Lipinski definition) is 3. The summed E-state index contributed by atoms with van der Waals surface area (Å²) in [6.45, 7) is 0. The van der Waals surface area contributed by atoms with Crippen molar-refractivity contribution in [3.8, 4) is 11.3 Å². The van der Waals surface area contributed by atoms with E-state index in [9.17, 15) is 18.0 Å². The summed E-state index contributed by atoms with van der Waals surface area (Å²) in [7, 11) is 1.22. The summed E-state index contributed by atoms with van der Waals surface area (Å²) in [5, 5.41) is 1.07. The van der Waals surface area contributed by atoms with Gasteiger partial charge in [0.1, 0.15) is 5.82 Å². The number of benzene rings is 2. The molecule has 122 valence electrons. The van der Waals surface area contributed by atoms with Crippen LogP contribution in [-0.2, 0) is 4.74 Å².